The summed E-state index contributed by atoms with van der Waals surface area (Å²) in [7, 11) is 1.00. The van der Waals surface area contributed by atoms with Crippen molar-refractivity contribution in [3.05, 3.63) is 28.8 Å². The predicted molar refractivity (Wildman–Crippen MR) is 53.2 cm³/mol. The van der Waals surface area contributed by atoms with Gasteiger partial charge >= 0.3 is 0 Å². The molecule has 0 radical (unpaired) electrons. The second-order valence-electron chi connectivity index (χ2n) is 2.81. The van der Waals surface area contributed by atoms with Gasteiger partial charge in [-0.05, 0) is 31.9 Å². The third-order valence-corrected chi connectivity index (χ3v) is 1.74. The third-order valence-electron chi connectivity index (χ3n) is 1.74. The molecule has 68 valence electrons. The second-order valence-corrected chi connectivity index (χ2v) is 2.81. The average Bonchev–Trinajstić information content (AvgIpc) is 2.04. The Hall–Kier alpha value is -1.02. The summed E-state index contributed by atoms with van der Waals surface area (Å²) >= 11 is 0. The summed E-state index contributed by atoms with van der Waals surface area (Å²) in [5.74, 6) is 0. The molecule has 0 heterocycles. The maximum atomic E-state index is 7.00. The topological polar surface area (TPSA) is 46.2 Å². The highest BCUT2D eigenvalue weighted by molar-refractivity contribution is 5.54. The third kappa shape index (κ3) is 2.55. The van der Waals surface area contributed by atoms with Crippen LogP contribution in [0.25, 0.3) is 0 Å². The maximum absolute atomic E-state index is 7.00. The van der Waals surface area contributed by atoms with E-state index < -0.39 is 0 Å². The molecule has 0 fully saturated rings. The summed E-state index contributed by atoms with van der Waals surface area (Å²) in [5, 5.41) is 7.00. The first-order valence-electron chi connectivity index (χ1n) is 3.89. The van der Waals surface area contributed by atoms with E-state index in [0.717, 1.165) is 12.8 Å². The number of nitrogen functional groups attached to an aromatic ring is 1. The monoisotopic (exact) mass is 167 g/mol. The lowest BCUT2D eigenvalue weighted by atomic mass is 10.1. The Morgan fingerprint density at radius 3 is 1.67 bits per heavy atom. The van der Waals surface area contributed by atoms with Crippen molar-refractivity contribution in [1.82, 2.24) is 0 Å². The number of aryl methyl sites for hydroxylation is 3. The molecule has 0 saturated carbocycles. The van der Waals surface area contributed by atoms with E-state index in [9.17, 15) is 0 Å². The van der Waals surface area contributed by atoms with E-state index in [1.165, 1.54) is 16.7 Å². The Kier molecular flexibility index (Phi) is 4.37. The van der Waals surface area contributed by atoms with Crippen LogP contribution in [0.15, 0.2) is 12.1 Å². The zero-order valence-electron chi connectivity index (χ0n) is 8.18. The van der Waals surface area contributed by atoms with Gasteiger partial charge in [-0.25, -0.2) is 0 Å². The summed E-state index contributed by atoms with van der Waals surface area (Å²) in [5.41, 5.74) is 10.3. The lowest BCUT2D eigenvalue weighted by Crippen LogP contribution is -1.93. The van der Waals surface area contributed by atoms with Gasteiger partial charge in [-0.3, -0.25) is 0 Å². The summed E-state index contributed by atoms with van der Waals surface area (Å²) in [4.78, 5) is 0. The van der Waals surface area contributed by atoms with Crippen LogP contribution in [0.5, 0.6) is 0 Å². The number of hydrogen-bond acceptors (Lipinski definition) is 2. The minimum absolute atomic E-state index is 0.922. The van der Waals surface area contributed by atoms with Crippen LogP contribution in [0.4, 0.5) is 5.69 Å². The largest absolute Gasteiger partial charge is 0.400 e. The lowest BCUT2D eigenvalue weighted by Gasteiger charge is -2.04. The standard InChI is InChI=1S/C9H13N.CH4O/c1-6-4-7(2)9(10)8(3)5-6;1-2/h4-5H,10H2,1-3H3;2H,1H3. The molecule has 1 rings (SSSR count). The molecule has 0 aliphatic heterocycles. The van der Waals surface area contributed by atoms with E-state index in [-0.39, 0.29) is 0 Å². The number of aliphatic hydroxyl groups is 1. The molecule has 3 N–H and O–H groups in total. The van der Waals surface area contributed by atoms with Crippen LogP contribution in [0.1, 0.15) is 16.7 Å². The van der Waals surface area contributed by atoms with Gasteiger partial charge in [0, 0.05) is 12.8 Å². The van der Waals surface area contributed by atoms with Crippen LogP contribution in [-0.2, 0) is 0 Å². The molecule has 1 aromatic rings. The normalized spacial score (nSPS) is 8.75. The Labute approximate surface area is 74.0 Å². The summed E-state index contributed by atoms with van der Waals surface area (Å²) in [6, 6.07) is 4.20. The summed E-state index contributed by atoms with van der Waals surface area (Å²) in [6.45, 7) is 6.16. The van der Waals surface area contributed by atoms with Gasteiger partial charge in [0.2, 0.25) is 0 Å². The van der Waals surface area contributed by atoms with Gasteiger partial charge in [0.15, 0.2) is 0 Å². The van der Waals surface area contributed by atoms with Crippen molar-refractivity contribution in [3.8, 4) is 0 Å². The van der Waals surface area contributed by atoms with Crippen LogP contribution in [0, 0.1) is 20.8 Å². The summed E-state index contributed by atoms with van der Waals surface area (Å²) < 4.78 is 0. The Bertz CT molecular complexity index is 233. The number of benzene rings is 1. The van der Waals surface area contributed by atoms with Crippen molar-refractivity contribution < 1.29 is 5.11 Å². The minimum atomic E-state index is 0.922. The van der Waals surface area contributed by atoms with Gasteiger partial charge in [-0.1, -0.05) is 17.7 Å². The van der Waals surface area contributed by atoms with Crippen LogP contribution >= 0.6 is 0 Å². The SMILES string of the molecule is CO.Cc1cc(C)c(N)c(C)c1. The van der Waals surface area contributed by atoms with Crippen molar-refractivity contribution in [3.63, 3.8) is 0 Å². The molecule has 0 saturated heterocycles. The van der Waals surface area contributed by atoms with E-state index in [1.807, 2.05) is 13.8 Å². The Morgan fingerprint density at radius 2 is 1.33 bits per heavy atom. The number of rotatable bonds is 0. The molecule has 0 aliphatic carbocycles. The van der Waals surface area contributed by atoms with Gasteiger partial charge < -0.3 is 10.8 Å². The molecular weight excluding hydrogens is 150 g/mol. The molecule has 0 bridgehead atoms. The molecule has 2 heteroatoms. The highest BCUT2D eigenvalue weighted by atomic mass is 16.2. The first-order chi connectivity index (χ1) is 5.61. The number of hydrogen-bond donors (Lipinski definition) is 2. The van der Waals surface area contributed by atoms with Crippen molar-refractivity contribution >= 4 is 5.69 Å². The molecule has 2 nitrogen and oxygen atoms in total. The first-order valence-corrected chi connectivity index (χ1v) is 3.89. The van der Waals surface area contributed by atoms with Gasteiger partial charge in [0.05, 0.1) is 0 Å². The highest BCUT2D eigenvalue weighted by Crippen LogP contribution is 2.17. The van der Waals surface area contributed by atoms with Crippen molar-refractivity contribution in [1.29, 1.82) is 0 Å². The van der Waals surface area contributed by atoms with Crippen LogP contribution < -0.4 is 5.73 Å². The molecule has 0 unspecified atom stereocenters. The fraction of sp³-hybridized carbons (Fsp3) is 0.400. The average molecular weight is 167 g/mol. The fourth-order valence-electron chi connectivity index (χ4n) is 1.19. The Morgan fingerprint density at radius 1 is 1.00 bits per heavy atom. The zero-order valence-corrected chi connectivity index (χ0v) is 8.18. The van der Waals surface area contributed by atoms with Gasteiger partial charge in [-0.15, -0.1) is 0 Å². The Balaban J connectivity index is 0.000000561. The van der Waals surface area contributed by atoms with Crippen LogP contribution in [0.2, 0.25) is 0 Å². The minimum Gasteiger partial charge on any atom is -0.400 e. The molecule has 0 amide bonds. The lowest BCUT2D eigenvalue weighted by molar-refractivity contribution is 0.399. The van der Waals surface area contributed by atoms with E-state index in [4.69, 9.17) is 10.8 Å². The number of nitrogens with two attached hydrogens (primary N) is 1. The molecular formula is C10H17NO. The van der Waals surface area contributed by atoms with Gasteiger partial charge in [-0.2, -0.15) is 0 Å². The van der Waals surface area contributed by atoms with Gasteiger partial charge in [0.25, 0.3) is 0 Å². The molecule has 0 atom stereocenters. The van der Waals surface area contributed by atoms with E-state index in [1.54, 1.807) is 0 Å². The van der Waals surface area contributed by atoms with Crippen molar-refractivity contribution in [2.75, 3.05) is 12.8 Å². The molecule has 12 heavy (non-hydrogen) atoms. The number of anilines is 1. The quantitative estimate of drug-likeness (QED) is 0.579. The van der Waals surface area contributed by atoms with Crippen LogP contribution in [0.3, 0.4) is 0 Å². The van der Waals surface area contributed by atoms with E-state index in [2.05, 4.69) is 19.1 Å². The smallest absolute Gasteiger partial charge is 0.0373 e. The predicted octanol–water partition coefficient (Wildman–Crippen LogP) is 1.80. The van der Waals surface area contributed by atoms with E-state index >= 15 is 0 Å². The zero-order chi connectivity index (χ0) is 9.72. The van der Waals surface area contributed by atoms with Crippen molar-refractivity contribution in [2.24, 2.45) is 0 Å². The van der Waals surface area contributed by atoms with E-state index in [0.29, 0.717) is 0 Å². The van der Waals surface area contributed by atoms with Crippen LogP contribution in [-0.4, -0.2) is 12.2 Å². The fourth-order valence-corrected chi connectivity index (χ4v) is 1.19. The summed E-state index contributed by atoms with van der Waals surface area (Å²) in [6.07, 6.45) is 0. The molecule has 0 spiro atoms. The second kappa shape index (κ2) is 4.78. The first kappa shape index (κ1) is 11.0. The molecule has 0 aliphatic rings. The highest BCUT2D eigenvalue weighted by Gasteiger charge is 1.96. The van der Waals surface area contributed by atoms with Crippen molar-refractivity contribution in [2.45, 2.75) is 20.8 Å². The maximum Gasteiger partial charge on any atom is 0.0373 e. The van der Waals surface area contributed by atoms with Gasteiger partial charge in [0.1, 0.15) is 0 Å². The molecule has 0 aromatic heterocycles. The number of aliphatic hydroxyl groups excluding tert-OH is 1. The molecule has 1 aromatic carbocycles.